The van der Waals surface area contributed by atoms with E-state index in [1.165, 1.54) is 12.8 Å². The van der Waals surface area contributed by atoms with Crippen LogP contribution in [0.5, 0.6) is 0 Å². The summed E-state index contributed by atoms with van der Waals surface area (Å²) in [5.41, 5.74) is 1.76. The highest BCUT2D eigenvalue weighted by Crippen LogP contribution is 2.24. The van der Waals surface area contributed by atoms with Crippen LogP contribution in [0.15, 0.2) is 22.7 Å². The van der Waals surface area contributed by atoms with Gasteiger partial charge < -0.3 is 10.6 Å². The molecule has 1 aromatic carbocycles. The second-order valence-electron chi connectivity index (χ2n) is 4.54. The highest BCUT2D eigenvalue weighted by molar-refractivity contribution is 9.10. The summed E-state index contributed by atoms with van der Waals surface area (Å²) in [6.07, 6.45) is 2.54. The molecule has 1 fully saturated rings. The molecule has 94 valence electrons. The number of hydrogen-bond acceptors (Lipinski definition) is 2. The molecule has 0 saturated carbocycles. The Hall–Kier alpha value is -0.610. The standard InChI is InChI=1S/C13H18BrFN2/c14-12-6-10(7-15)3-4-13(12)17-9-11-2-1-5-16-8-11/h3-4,6,11,16-17H,1-2,5,7-9H2. The number of halogens is 2. The molecule has 1 atom stereocenters. The van der Waals surface area contributed by atoms with Gasteiger partial charge in [0.05, 0.1) is 0 Å². The van der Waals surface area contributed by atoms with Gasteiger partial charge in [-0.1, -0.05) is 6.07 Å². The molecule has 0 aromatic heterocycles. The van der Waals surface area contributed by atoms with Crippen molar-refractivity contribution in [1.29, 1.82) is 0 Å². The number of benzene rings is 1. The molecular formula is C13H18BrFN2. The van der Waals surface area contributed by atoms with E-state index < -0.39 is 6.67 Å². The predicted octanol–water partition coefficient (Wildman–Crippen LogP) is 3.33. The Morgan fingerprint density at radius 1 is 1.47 bits per heavy atom. The summed E-state index contributed by atoms with van der Waals surface area (Å²) < 4.78 is 13.4. The van der Waals surface area contributed by atoms with Crippen LogP contribution < -0.4 is 10.6 Å². The van der Waals surface area contributed by atoms with Gasteiger partial charge in [0.25, 0.3) is 0 Å². The zero-order chi connectivity index (χ0) is 12.1. The van der Waals surface area contributed by atoms with E-state index in [0.717, 1.165) is 29.8 Å². The van der Waals surface area contributed by atoms with Crippen molar-refractivity contribution in [2.24, 2.45) is 5.92 Å². The average molecular weight is 301 g/mol. The SMILES string of the molecule is FCc1ccc(NCC2CCCNC2)c(Br)c1. The molecule has 0 aliphatic carbocycles. The third kappa shape index (κ3) is 3.68. The Bertz CT molecular complexity index is 364. The van der Waals surface area contributed by atoms with Gasteiger partial charge in [0, 0.05) is 16.7 Å². The summed E-state index contributed by atoms with van der Waals surface area (Å²) in [5, 5.41) is 6.83. The maximum Gasteiger partial charge on any atom is 0.115 e. The van der Waals surface area contributed by atoms with Gasteiger partial charge >= 0.3 is 0 Å². The highest BCUT2D eigenvalue weighted by Gasteiger charge is 2.12. The zero-order valence-electron chi connectivity index (χ0n) is 9.81. The lowest BCUT2D eigenvalue weighted by Crippen LogP contribution is -2.33. The fourth-order valence-corrected chi connectivity index (χ4v) is 2.70. The molecule has 0 spiro atoms. The molecule has 1 saturated heterocycles. The summed E-state index contributed by atoms with van der Waals surface area (Å²) in [6.45, 7) is 2.80. The Balaban J connectivity index is 1.89. The molecule has 1 heterocycles. The second-order valence-corrected chi connectivity index (χ2v) is 5.40. The molecule has 1 aromatic rings. The van der Waals surface area contributed by atoms with Crippen molar-refractivity contribution >= 4 is 21.6 Å². The van der Waals surface area contributed by atoms with Crippen LogP contribution >= 0.6 is 15.9 Å². The lowest BCUT2D eigenvalue weighted by atomic mass is 10.00. The first-order chi connectivity index (χ1) is 8.29. The van der Waals surface area contributed by atoms with E-state index in [1.807, 2.05) is 18.2 Å². The number of rotatable bonds is 4. The van der Waals surface area contributed by atoms with E-state index in [1.54, 1.807) is 0 Å². The van der Waals surface area contributed by atoms with E-state index in [0.29, 0.717) is 11.5 Å². The molecule has 0 bridgehead atoms. The number of hydrogen-bond donors (Lipinski definition) is 2. The van der Waals surface area contributed by atoms with E-state index in [9.17, 15) is 4.39 Å². The van der Waals surface area contributed by atoms with Crippen molar-refractivity contribution in [1.82, 2.24) is 5.32 Å². The molecule has 1 unspecified atom stereocenters. The maximum atomic E-state index is 12.5. The third-order valence-electron chi connectivity index (χ3n) is 3.17. The van der Waals surface area contributed by atoms with Gasteiger partial charge in [-0.05, 0) is 65.5 Å². The molecule has 1 aliphatic rings. The summed E-state index contributed by atoms with van der Waals surface area (Å²) >= 11 is 3.47. The molecule has 4 heteroatoms. The summed E-state index contributed by atoms with van der Waals surface area (Å²) in [4.78, 5) is 0. The Morgan fingerprint density at radius 2 is 2.35 bits per heavy atom. The second kappa shape index (κ2) is 6.36. The topological polar surface area (TPSA) is 24.1 Å². The zero-order valence-corrected chi connectivity index (χ0v) is 11.4. The van der Waals surface area contributed by atoms with E-state index >= 15 is 0 Å². The molecule has 0 radical (unpaired) electrons. The van der Waals surface area contributed by atoms with Crippen LogP contribution in [0.25, 0.3) is 0 Å². The predicted molar refractivity (Wildman–Crippen MR) is 73.0 cm³/mol. The van der Waals surface area contributed by atoms with Gasteiger partial charge in [0.1, 0.15) is 6.67 Å². The van der Waals surface area contributed by atoms with Gasteiger partial charge in [-0.3, -0.25) is 0 Å². The minimum absolute atomic E-state index is 0.411. The van der Waals surface area contributed by atoms with Crippen LogP contribution in [0.4, 0.5) is 10.1 Å². The van der Waals surface area contributed by atoms with Crippen molar-refractivity contribution in [3.05, 3.63) is 28.2 Å². The maximum absolute atomic E-state index is 12.5. The first-order valence-corrected chi connectivity index (χ1v) is 6.88. The first-order valence-electron chi connectivity index (χ1n) is 6.08. The van der Waals surface area contributed by atoms with Crippen LogP contribution in [-0.4, -0.2) is 19.6 Å². The minimum atomic E-state index is -0.411. The summed E-state index contributed by atoms with van der Waals surface area (Å²) in [6, 6.07) is 5.60. The van der Waals surface area contributed by atoms with Crippen LogP contribution in [0.2, 0.25) is 0 Å². The summed E-state index contributed by atoms with van der Waals surface area (Å²) in [7, 11) is 0. The van der Waals surface area contributed by atoms with Crippen LogP contribution in [0, 0.1) is 5.92 Å². The largest absolute Gasteiger partial charge is 0.384 e. The van der Waals surface area contributed by atoms with E-state index in [4.69, 9.17) is 0 Å². The van der Waals surface area contributed by atoms with Crippen molar-refractivity contribution < 1.29 is 4.39 Å². The third-order valence-corrected chi connectivity index (χ3v) is 3.82. The van der Waals surface area contributed by atoms with Gasteiger partial charge in [0.2, 0.25) is 0 Å². The first kappa shape index (κ1) is 12.8. The van der Waals surface area contributed by atoms with Crippen LogP contribution in [0.3, 0.4) is 0 Å². The van der Waals surface area contributed by atoms with Crippen molar-refractivity contribution in [3.8, 4) is 0 Å². The van der Waals surface area contributed by atoms with Gasteiger partial charge in [-0.15, -0.1) is 0 Å². The number of alkyl halides is 1. The smallest absolute Gasteiger partial charge is 0.115 e. The fraction of sp³-hybridized carbons (Fsp3) is 0.538. The monoisotopic (exact) mass is 300 g/mol. The minimum Gasteiger partial charge on any atom is -0.384 e. The normalized spacial score (nSPS) is 20.2. The average Bonchev–Trinajstić information content (AvgIpc) is 2.38. The molecule has 0 amide bonds. The number of piperidine rings is 1. The molecule has 1 aliphatic heterocycles. The molecule has 2 rings (SSSR count). The van der Waals surface area contributed by atoms with Crippen molar-refractivity contribution in [2.45, 2.75) is 19.5 Å². The highest BCUT2D eigenvalue weighted by atomic mass is 79.9. The Kier molecular flexibility index (Phi) is 4.80. The van der Waals surface area contributed by atoms with Gasteiger partial charge in [-0.2, -0.15) is 0 Å². The van der Waals surface area contributed by atoms with E-state index in [2.05, 4.69) is 26.6 Å². The molecular weight excluding hydrogens is 283 g/mol. The quantitative estimate of drug-likeness (QED) is 0.891. The number of nitrogens with one attached hydrogen (secondary N) is 2. The van der Waals surface area contributed by atoms with Crippen molar-refractivity contribution in [3.63, 3.8) is 0 Å². The molecule has 2 nitrogen and oxygen atoms in total. The molecule has 2 N–H and O–H groups in total. The van der Waals surface area contributed by atoms with Crippen molar-refractivity contribution in [2.75, 3.05) is 25.0 Å². The molecule has 17 heavy (non-hydrogen) atoms. The van der Waals surface area contributed by atoms with E-state index in [-0.39, 0.29) is 0 Å². The van der Waals surface area contributed by atoms with Gasteiger partial charge in [-0.25, -0.2) is 4.39 Å². The Morgan fingerprint density at radius 3 is 3.00 bits per heavy atom. The Labute approximate surface area is 110 Å². The van der Waals surface area contributed by atoms with Crippen LogP contribution in [0.1, 0.15) is 18.4 Å². The lowest BCUT2D eigenvalue weighted by Gasteiger charge is -2.23. The number of anilines is 1. The lowest BCUT2D eigenvalue weighted by molar-refractivity contribution is 0.393. The van der Waals surface area contributed by atoms with Gasteiger partial charge in [0.15, 0.2) is 0 Å². The van der Waals surface area contributed by atoms with Crippen LogP contribution in [-0.2, 0) is 6.67 Å². The fourth-order valence-electron chi connectivity index (χ4n) is 2.14. The summed E-state index contributed by atoms with van der Waals surface area (Å²) in [5.74, 6) is 0.691.